The second kappa shape index (κ2) is 6.30. The molecule has 7 nitrogen and oxygen atoms in total. The van der Waals surface area contributed by atoms with E-state index in [1.165, 1.54) is 6.20 Å². The number of H-pyrrole nitrogens is 1. The quantitative estimate of drug-likeness (QED) is 0.263. The summed E-state index contributed by atoms with van der Waals surface area (Å²) in [6, 6.07) is 8.73. The minimum Gasteiger partial charge on any atom is -0.349 e. The Bertz CT molecular complexity index is 1820. The van der Waals surface area contributed by atoms with Crippen molar-refractivity contribution in [2.75, 3.05) is 0 Å². The lowest BCUT2D eigenvalue weighted by Gasteiger charge is -2.12. The Morgan fingerprint density at radius 1 is 0.875 bits per heavy atom. The number of fused-ring (bicyclic) bond motifs is 8. The van der Waals surface area contributed by atoms with Crippen LogP contribution in [0, 0.1) is 0 Å². The van der Waals surface area contributed by atoms with Crippen LogP contribution in [0.5, 0.6) is 0 Å². The van der Waals surface area contributed by atoms with Gasteiger partial charge in [0.15, 0.2) is 16.7 Å². The van der Waals surface area contributed by atoms with Crippen molar-refractivity contribution in [3.63, 3.8) is 0 Å². The summed E-state index contributed by atoms with van der Waals surface area (Å²) in [5, 5.41) is 0.853. The first-order valence-corrected chi connectivity index (χ1v) is 9.63. The molecule has 0 saturated heterocycles. The zero-order valence-corrected chi connectivity index (χ0v) is 16.5. The molecule has 0 radical (unpaired) electrons. The van der Waals surface area contributed by atoms with Gasteiger partial charge in [-0.25, -0.2) is 19.9 Å². The second-order valence-corrected chi connectivity index (χ2v) is 7.56. The summed E-state index contributed by atoms with van der Waals surface area (Å²) in [5.41, 5.74) is -0.137. The Labute approximate surface area is 179 Å². The molecule has 4 heterocycles. The Balaban J connectivity index is 1.85. The van der Waals surface area contributed by atoms with Gasteiger partial charge in [0, 0.05) is 22.7 Å². The smallest absolute Gasteiger partial charge is 0.349 e. The van der Waals surface area contributed by atoms with Crippen molar-refractivity contribution in [2.45, 2.75) is 6.18 Å². The Morgan fingerprint density at radius 2 is 1.62 bits per heavy atom. The molecule has 156 valence electrons. The van der Waals surface area contributed by atoms with Crippen molar-refractivity contribution in [3.8, 4) is 0 Å². The van der Waals surface area contributed by atoms with Crippen LogP contribution in [0.2, 0.25) is 5.02 Å². The topological polar surface area (TPSA) is 97.3 Å². The van der Waals surface area contributed by atoms with Crippen molar-refractivity contribution in [2.24, 2.45) is 0 Å². The van der Waals surface area contributed by atoms with Gasteiger partial charge in [-0.1, -0.05) is 11.6 Å². The molecule has 1 N–H and O–H groups in total. The number of alkyl halides is 3. The highest BCUT2D eigenvalue weighted by Gasteiger charge is 2.33. The van der Waals surface area contributed by atoms with Gasteiger partial charge in [0.2, 0.25) is 0 Å². The maximum absolute atomic E-state index is 13.3. The van der Waals surface area contributed by atoms with Gasteiger partial charge in [-0.15, -0.1) is 0 Å². The van der Waals surface area contributed by atoms with E-state index in [0.29, 0.717) is 27.5 Å². The van der Waals surface area contributed by atoms with Crippen LogP contribution in [0.15, 0.2) is 47.4 Å². The van der Waals surface area contributed by atoms with E-state index in [0.717, 1.165) is 0 Å². The lowest BCUT2D eigenvalue weighted by molar-refractivity contribution is -0.141. The molecule has 0 aliphatic rings. The fraction of sp³-hybridized carbons (Fsp3) is 0.0476. The average molecular weight is 453 g/mol. The van der Waals surface area contributed by atoms with Crippen LogP contribution in [0.3, 0.4) is 0 Å². The van der Waals surface area contributed by atoms with Crippen molar-refractivity contribution in [1.29, 1.82) is 0 Å². The number of rotatable bonds is 0. The van der Waals surface area contributed by atoms with Gasteiger partial charge in [0.25, 0.3) is 0 Å². The number of halogens is 4. The van der Waals surface area contributed by atoms with Crippen LogP contribution < -0.4 is 5.43 Å². The normalized spacial score (nSPS) is 12.5. The molecule has 0 fully saturated rings. The molecule has 32 heavy (non-hydrogen) atoms. The number of aromatic amines is 1. The minimum absolute atomic E-state index is 0.0494. The van der Waals surface area contributed by atoms with Crippen LogP contribution in [0.4, 0.5) is 13.2 Å². The van der Waals surface area contributed by atoms with Crippen LogP contribution >= 0.6 is 11.6 Å². The summed E-state index contributed by atoms with van der Waals surface area (Å²) in [6.07, 6.45) is -3.31. The highest BCUT2D eigenvalue weighted by Crippen LogP contribution is 2.33. The average Bonchev–Trinajstić information content (AvgIpc) is 2.76. The molecule has 0 amide bonds. The largest absolute Gasteiger partial charge is 0.431 e. The monoisotopic (exact) mass is 452 g/mol. The standard InChI is InChI=1S/C21H8ClF3N6O/c22-8-3-4-10-11(6-8)28-20-19(27-10)31-18-14-12(32)7-13(21(23,24)25)29-17(14)15-9(16(18)30-20)2-1-5-26-15/h1-7H,(H,29,32). The summed E-state index contributed by atoms with van der Waals surface area (Å²) < 4.78 is 40.0. The lowest BCUT2D eigenvalue weighted by Crippen LogP contribution is -2.15. The molecule has 0 unspecified atom stereocenters. The van der Waals surface area contributed by atoms with E-state index in [-0.39, 0.29) is 38.7 Å². The Kier molecular flexibility index (Phi) is 3.70. The third-order valence-corrected chi connectivity index (χ3v) is 5.36. The zero-order chi connectivity index (χ0) is 22.2. The van der Waals surface area contributed by atoms with E-state index in [1.807, 2.05) is 0 Å². The highest BCUT2D eigenvalue weighted by atomic mass is 35.5. The molecule has 6 rings (SSSR count). The molecule has 0 bridgehead atoms. The number of hydrogen-bond acceptors (Lipinski definition) is 6. The summed E-state index contributed by atoms with van der Waals surface area (Å²) in [4.78, 5) is 37.3. The van der Waals surface area contributed by atoms with E-state index in [2.05, 4.69) is 29.9 Å². The van der Waals surface area contributed by atoms with Gasteiger partial charge in [-0.05, 0) is 30.3 Å². The van der Waals surface area contributed by atoms with E-state index >= 15 is 0 Å². The molecule has 0 saturated carbocycles. The van der Waals surface area contributed by atoms with E-state index < -0.39 is 17.3 Å². The molecule has 4 aromatic heterocycles. The van der Waals surface area contributed by atoms with Crippen LogP contribution in [-0.2, 0) is 6.18 Å². The van der Waals surface area contributed by atoms with Gasteiger partial charge in [-0.3, -0.25) is 9.78 Å². The molecule has 0 spiro atoms. The fourth-order valence-corrected chi connectivity index (χ4v) is 3.93. The third-order valence-electron chi connectivity index (χ3n) is 5.12. The number of hydrogen-bond donors (Lipinski definition) is 1. The van der Waals surface area contributed by atoms with E-state index in [4.69, 9.17) is 11.6 Å². The molecular weight excluding hydrogens is 445 g/mol. The molecule has 6 aromatic rings. The van der Waals surface area contributed by atoms with Gasteiger partial charge in [0.1, 0.15) is 16.7 Å². The number of aromatic nitrogens is 6. The second-order valence-electron chi connectivity index (χ2n) is 7.12. The minimum atomic E-state index is -4.73. The van der Waals surface area contributed by atoms with E-state index in [9.17, 15) is 18.0 Å². The molecule has 0 atom stereocenters. The number of benzene rings is 2. The fourth-order valence-electron chi connectivity index (χ4n) is 3.76. The Morgan fingerprint density at radius 3 is 2.41 bits per heavy atom. The lowest BCUT2D eigenvalue weighted by atomic mass is 10.1. The Hall–Kier alpha value is -3.92. The molecule has 0 aliphatic carbocycles. The van der Waals surface area contributed by atoms with Crippen molar-refractivity contribution >= 4 is 66.8 Å². The molecular formula is C21H8ClF3N6O. The molecule has 11 heteroatoms. The zero-order valence-electron chi connectivity index (χ0n) is 15.7. The van der Waals surface area contributed by atoms with Gasteiger partial charge in [0.05, 0.1) is 27.5 Å². The van der Waals surface area contributed by atoms with E-state index in [1.54, 1.807) is 30.3 Å². The van der Waals surface area contributed by atoms with Crippen molar-refractivity contribution < 1.29 is 13.2 Å². The third kappa shape index (κ3) is 2.69. The highest BCUT2D eigenvalue weighted by molar-refractivity contribution is 6.31. The van der Waals surface area contributed by atoms with Crippen molar-refractivity contribution in [3.05, 3.63) is 63.5 Å². The maximum Gasteiger partial charge on any atom is 0.431 e. The van der Waals surface area contributed by atoms with Crippen molar-refractivity contribution in [1.82, 2.24) is 29.9 Å². The predicted molar refractivity (Wildman–Crippen MR) is 114 cm³/mol. The molecule has 2 aromatic carbocycles. The SMILES string of the molecule is O=c1cc(C(F)(F)F)[nH]c2c3ncccc3c3nc4nc5cc(Cl)ccc5nc4nc3c12. The summed E-state index contributed by atoms with van der Waals surface area (Å²) in [6.45, 7) is 0. The number of pyridine rings is 2. The predicted octanol–water partition coefficient (Wildman–Crippen LogP) is 4.79. The van der Waals surface area contributed by atoms with Crippen LogP contribution in [-0.4, -0.2) is 29.9 Å². The van der Waals surface area contributed by atoms with Gasteiger partial charge in [-0.2, -0.15) is 13.2 Å². The number of nitrogens with one attached hydrogen (secondary N) is 1. The maximum atomic E-state index is 13.3. The summed E-state index contributed by atoms with van der Waals surface area (Å²) in [5.74, 6) is 0. The first-order chi connectivity index (χ1) is 15.3. The number of nitrogens with zero attached hydrogens (tertiary/aromatic N) is 5. The van der Waals surface area contributed by atoms with Crippen LogP contribution in [0.25, 0.3) is 55.2 Å². The first-order valence-electron chi connectivity index (χ1n) is 9.25. The first kappa shape index (κ1) is 18.8. The summed E-state index contributed by atoms with van der Waals surface area (Å²) >= 11 is 6.04. The van der Waals surface area contributed by atoms with Gasteiger partial charge >= 0.3 is 6.18 Å². The van der Waals surface area contributed by atoms with Gasteiger partial charge < -0.3 is 4.98 Å². The molecule has 0 aliphatic heterocycles. The van der Waals surface area contributed by atoms with Crippen LogP contribution in [0.1, 0.15) is 5.69 Å². The summed E-state index contributed by atoms with van der Waals surface area (Å²) in [7, 11) is 0.